The van der Waals surface area contributed by atoms with Crippen LogP contribution in [0.25, 0.3) is 0 Å². The summed E-state index contributed by atoms with van der Waals surface area (Å²) < 4.78 is 10.9. The fraction of sp³-hybridized carbons (Fsp3) is 0.905. The summed E-state index contributed by atoms with van der Waals surface area (Å²) in [5.74, 6) is -0.435. The summed E-state index contributed by atoms with van der Waals surface area (Å²) in [4.78, 5) is 28.0. The number of nitrogens with zero attached hydrogens (tertiary/aromatic N) is 2. The van der Waals surface area contributed by atoms with E-state index in [1.165, 1.54) is 6.42 Å². The number of likely N-dealkylation sites (N-methyl/N-ethyl adjacent to an activating group) is 2. The van der Waals surface area contributed by atoms with Crippen LogP contribution < -0.4 is 0 Å². The first-order chi connectivity index (χ1) is 12.4. The zero-order valence-corrected chi connectivity index (χ0v) is 18.7. The Morgan fingerprint density at radius 2 is 1.56 bits per heavy atom. The molecule has 0 aromatic heterocycles. The van der Waals surface area contributed by atoms with Crippen LogP contribution in [-0.4, -0.2) is 80.9 Å². The molecule has 6 nitrogen and oxygen atoms in total. The Bertz CT molecular complexity index is 569. The van der Waals surface area contributed by atoms with Crippen molar-refractivity contribution < 1.29 is 23.5 Å². The lowest BCUT2D eigenvalue weighted by Crippen LogP contribution is -2.70. The molecule has 0 N–H and O–H groups in total. The van der Waals surface area contributed by atoms with Gasteiger partial charge in [0.1, 0.15) is 6.04 Å². The fourth-order valence-electron chi connectivity index (χ4n) is 6.30. The molecule has 2 fully saturated rings. The molecule has 0 radical (unpaired) electrons. The van der Waals surface area contributed by atoms with Crippen LogP contribution in [0.2, 0.25) is 0 Å². The lowest BCUT2D eigenvalue weighted by molar-refractivity contribution is -0.932. The molecule has 2 aliphatic carbocycles. The average Bonchev–Trinajstić information content (AvgIpc) is 2.86. The van der Waals surface area contributed by atoms with Gasteiger partial charge in [-0.15, -0.1) is 0 Å². The summed E-state index contributed by atoms with van der Waals surface area (Å²) in [6.07, 6.45) is 2.30. The Balaban J connectivity index is 2.55. The van der Waals surface area contributed by atoms with Crippen molar-refractivity contribution >= 4 is 11.9 Å². The molecule has 2 saturated carbocycles. The molecule has 0 aromatic carbocycles. The second-order valence-corrected chi connectivity index (χ2v) is 9.72. The Morgan fingerprint density at radius 3 is 1.96 bits per heavy atom. The van der Waals surface area contributed by atoms with E-state index in [-0.39, 0.29) is 34.6 Å². The smallest absolute Gasteiger partial charge is 0.377 e. The van der Waals surface area contributed by atoms with E-state index in [1.807, 2.05) is 14.1 Å². The first kappa shape index (κ1) is 22.2. The Morgan fingerprint density at radius 1 is 1.07 bits per heavy atom. The van der Waals surface area contributed by atoms with Crippen molar-refractivity contribution in [1.29, 1.82) is 0 Å². The third-order valence-electron chi connectivity index (χ3n) is 7.76. The van der Waals surface area contributed by atoms with Crippen molar-refractivity contribution in [1.82, 2.24) is 4.90 Å². The van der Waals surface area contributed by atoms with E-state index >= 15 is 0 Å². The minimum Gasteiger partial charge on any atom is -0.461 e. The predicted molar refractivity (Wildman–Crippen MR) is 105 cm³/mol. The molecule has 6 heteroatoms. The van der Waals surface area contributed by atoms with Gasteiger partial charge in [-0.3, -0.25) is 0 Å². The number of hydrogen-bond donors (Lipinski definition) is 0. The molecule has 0 spiro atoms. The average molecular weight is 384 g/mol. The maximum absolute atomic E-state index is 12.9. The summed E-state index contributed by atoms with van der Waals surface area (Å²) in [5.41, 5.74) is 0.156. The van der Waals surface area contributed by atoms with Gasteiger partial charge in [0, 0.05) is 5.41 Å². The Kier molecular flexibility index (Phi) is 6.04. The van der Waals surface area contributed by atoms with Crippen LogP contribution in [0.1, 0.15) is 47.5 Å². The zero-order chi connectivity index (χ0) is 20.8. The molecule has 0 aromatic rings. The molecule has 2 rings (SSSR count). The molecule has 4 atom stereocenters. The molecule has 0 aliphatic heterocycles. The first-order valence-corrected chi connectivity index (χ1v) is 10.2. The topological polar surface area (TPSA) is 55.8 Å². The van der Waals surface area contributed by atoms with Gasteiger partial charge in [0.05, 0.1) is 33.4 Å². The maximum atomic E-state index is 12.9. The van der Waals surface area contributed by atoms with Crippen molar-refractivity contribution in [2.75, 3.05) is 41.4 Å². The van der Waals surface area contributed by atoms with Crippen LogP contribution in [0, 0.1) is 16.7 Å². The summed E-state index contributed by atoms with van der Waals surface area (Å²) in [5, 5.41) is 0. The molecule has 2 bridgehead atoms. The molecule has 0 amide bonds. The number of esters is 2. The molecule has 0 unspecified atom stereocenters. The Labute approximate surface area is 164 Å². The van der Waals surface area contributed by atoms with Crippen LogP contribution in [0.4, 0.5) is 0 Å². The number of rotatable bonds is 7. The lowest BCUT2D eigenvalue weighted by atomic mass is 9.68. The standard InChI is InChI=1S/C21H39N2O4/c1-10-26-18(24)16(19(25)27-11-2)23(8,9)17-15(22(6)7)14-12-13-21(17,5)20(14,3)4/h14-17H,10-13H2,1-9H3/q+1/t14-,15-,17+,21-/m1/s1. The van der Waals surface area contributed by atoms with Crippen LogP contribution in [0.5, 0.6) is 0 Å². The highest BCUT2D eigenvalue weighted by Gasteiger charge is 2.73. The Hall–Kier alpha value is -1.14. The van der Waals surface area contributed by atoms with Gasteiger partial charge in [-0.05, 0) is 52.1 Å². The van der Waals surface area contributed by atoms with Crippen molar-refractivity contribution in [2.24, 2.45) is 16.7 Å². The quantitative estimate of drug-likeness (QED) is 0.384. The fourth-order valence-corrected chi connectivity index (χ4v) is 6.30. The van der Waals surface area contributed by atoms with Gasteiger partial charge in [0.2, 0.25) is 0 Å². The van der Waals surface area contributed by atoms with Gasteiger partial charge >= 0.3 is 11.9 Å². The normalized spacial score (nSPS) is 32.2. The summed E-state index contributed by atoms with van der Waals surface area (Å²) >= 11 is 0. The highest BCUT2D eigenvalue weighted by Crippen LogP contribution is 2.68. The number of carbonyl (C=O) groups is 2. The second kappa shape index (κ2) is 7.36. The van der Waals surface area contributed by atoms with Gasteiger partial charge in [-0.25, -0.2) is 9.59 Å². The highest BCUT2D eigenvalue weighted by molar-refractivity contribution is 5.97. The van der Waals surface area contributed by atoms with E-state index in [9.17, 15) is 9.59 Å². The van der Waals surface area contributed by atoms with Crippen molar-refractivity contribution in [2.45, 2.75) is 65.6 Å². The largest absolute Gasteiger partial charge is 0.461 e. The van der Waals surface area contributed by atoms with Gasteiger partial charge < -0.3 is 18.9 Å². The van der Waals surface area contributed by atoms with Crippen LogP contribution in [0.15, 0.2) is 0 Å². The van der Waals surface area contributed by atoms with Crippen LogP contribution >= 0.6 is 0 Å². The number of hydrogen-bond acceptors (Lipinski definition) is 5. The van der Waals surface area contributed by atoms with Crippen molar-refractivity contribution in [3.05, 3.63) is 0 Å². The lowest BCUT2D eigenvalue weighted by Gasteiger charge is -2.52. The molecular formula is C21H39N2O4+. The minimum absolute atomic E-state index is 0.0212. The summed E-state index contributed by atoms with van der Waals surface area (Å²) in [6, 6.07) is -0.551. The molecule has 156 valence electrons. The molecule has 0 saturated heterocycles. The molecule has 2 aliphatic rings. The minimum atomic E-state index is -0.968. The molecule has 0 heterocycles. The van der Waals surface area contributed by atoms with Crippen molar-refractivity contribution in [3.8, 4) is 0 Å². The van der Waals surface area contributed by atoms with Gasteiger partial charge in [0.15, 0.2) is 0 Å². The number of ether oxygens (including phenoxy) is 2. The van der Waals surface area contributed by atoms with E-state index in [0.29, 0.717) is 12.0 Å². The van der Waals surface area contributed by atoms with Crippen LogP contribution in [0.3, 0.4) is 0 Å². The van der Waals surface area contributed by atoms with E-state index in [1.54, 1.807) is 13.8 Å². The van der Waals surface area contributed by atoms with E-state index in [2.05, 4.69) is 39.8 Å². The maximum Gasteiger partial charge on any atom is 0.377 e. The second-order valence-electron chi connectivity index (χ2n) is 9.72. The molecular weight excluding hydrogens is 344 g/mol. The molecule has 27 heavy (non-hydrogen) atoms. The predicted octanol–water partition coefficient (Wildman–Crippen LogP) is 2.31. The summed E-state index contributed by atoms with van der Waals surface area (Å²) in [6.45, 7) is 11.1. The van der Waals surface area contributed by atoms with E-state index in [0.717, 1.165) is 6.42 Å². The zero-order valence-electron chi connectivity index (χ0n) is 18.7. The van der Waals surface area contributed by atoms with Gasteiger partial charge in [0.25, 0.3) is 6.04 Å². The number of quaternary nitrogens is 1. The SMILES string of the molecule is CCOC(=O)C(C(=O)OCC)[N+](C)(C)[C@H]1[C@H](N(C)C)[C@H]2CC[C@@]1(C)C2(C)C. The number of fused-ring (bicyclic) bond motifs is 2. The van der Waals surface area contributed by atoms with Gasteiger partial charge in [-0.1, -0.05) is 20.8 Å². The van der Waals surface area contributed by atoms with E-state index < -0.39 is 18.0 Å². The third kappa shape index (κ3) is 3.19. The summed E-state index contributed by atoms with van der Waals surface area (Å²) in [7, 11) is 8.23. The van der Waals surface area contributed by atoms with Crippen LogP contribution in [-0.2, 0) is 19.1 Å². The van der Waals surface area contributed by atoms with Gasteiger partial charge in [-0.2, -0.15) is 0 Å². The van der Waals surface area contributed by atoms with E-state index in [4.69, 9.17) is 9.47 Å². The van der Waals surface area contributed by atoms with Crippen molar-refractivity contribution in [3.63, 3.8) is 0 Å². The highest BCUT2D eigenvalue weighted by atomic mass is 16.6. The third-order valence-corrected chi connectivity index (χ3v) is 7.76. The monoisotopic (exact) mass is 383 g/mol. The number of carbonyl (C=O) groups excluding carboxylic acids is 2. The first-order valence-electron chi connectivity index (χ1n) is 10.2.